The highest BCUT2D eigenvalue weighted by atomic mass is 16.2. The Bertz CT molecular complexity index is 479. The van der Waals surface area contributed by atoms with Crippen molar-refractivity contribution in [1.82, 2.24) is 25.6 Å². The molecule has 1 aromatic heterocycles. The lowest BCUT2D eigenvalue weighted by molar-refractivity contribution is -0.120. The minimum Gasteiger partial charge on any atom is -0.368 e. The van der Waals surface area contributed by atoms with Crippen molar-refractivity contribution in [3.05, 3.63) is 11.9 Å². The van der Waals surface area contributed by atoms with Crippen LogP contribution >= 0.6 is 0 Å². The van der Waals surface area contributed by atoms with Crippen molar-refractivity contribution in [2.75, 3.05) is 13.1 Å². The molecule has 8 heteroatoms. The van der Waals surface area contributed by atoms with Crippen LogP contribution in [-0.2, 0) is 4.79 Å². The van der Waals surface area contributed by atoms with Crippen LogP contribution in [0.1, 0.15) is 30.4 Å². The lowest BCUT2D eigenvalue weighted by Gasteiger charge is -2.26. The normalized spacial score (nSPS) is 17.0. The first-order chi connectivity index (χ1) is 8.99. The van der Waals surface area contributed by atoms with Gasteiger partial charge in [0, 0.05) is 13.1 Å². The van der Waals surface area contributed by atoms with Crippen LogP contribution < -0.4 is 16.4 Å². The van der Waals surface area contributed by atoms with Gasteiger partial charge in [-0.1, -0.05) is 19.1 Å². The molecule has 0 radical (unpaired) electrons. The predicted molar refractivity (Wildman–Crippen MR) is 67.2 cm³/mol. The topological polar surface area (TPSA) is 115 Å². The van der Waals surface area contributed by atoms with E-state index < -0.39 is 17.9 Å². The molecule has 0 bridgehead atoms. The summed E-state index contributed by atoms with van der Waals surface area (Å²) >= 11 is 0. The third kappa shape index (κ3) is 2.90. The summed E-state index contributed by atoms with van der Waals surface area (Å²) in [6, 6.07) is -0.464. The number of hydrogen-bond donors (Lipinski definition) is 3. The van der Waals surface area contributed by atoms with Crippen molar-refractivity contribution in [3.63, 3.8) is 0 Å². The van der Waals surface area contributed by atoms with Gasteiger partial charge in [0.2, 0.25) is 5.91 Å². The molecule has 19 heavy (non-hydrogen) atoms. The van der Waals surface area contributed by atoms with Gasteiger partial charge in [0.15, 0.2) is 5.69 Å². The average Bonchev–Trinajstić information content (AvgIpc) is 2.71. The molecule has 0 aliphatic carbocycles. The van der Waals surface area contributed by atoms with Crippen molar-refractivity contribution < 1.29 is 9.59 Å². The quantitative estimate of drug-likeness (QED) is 0.610. The molecule has 0 aromatic carbocycles. The second kappa shape index (κ2) is 5.35. The van der Waals surface area contributed by atoms with E-state index in [1.54, 1.807) is 10.9 Å². The van der Waals surface area contributed by atoms with Gasteiger partial charge < -0.3 is 16.4 Å². The monoisotopic (exact) mass is 266 g/mol. The number of aromatic nitrogens is 3. The van der Waals surface area contributed by atoms with Crippen LogP contribution in [0.2, 0.25) is 0 Å². The Morgan fingerprint density at radius 3 is 2.68 bits per heavy atom. The summed E-state index contributed by atoms with van der Waals surface area (Å²) in [6.07, 6.45) is 1.58. The summed E-state index contributed by atoms with van der Waals surface area (Å²) in [6.45, 7) is 5.26. The average molecular weight is 266 g/mol. The molecule has 2 heterocycles. The standard InChI is InChI=1S/C11H18N6O2/c1-6(2)9(10(12)18)14-11(19)8-5-17(16-15-8)7-3-13-4-7/h5-7,9,13H,3-4H2,1-2H3,(H2,12,18)(H,14,19). The molecule has 1 aliphatic rings. The van der Waals surface area contributed by atoms with Gasteiger partial charge in [-0.25, -0.2) is 4.68 Å². The van der Waals surface area contributed by atoms with E-state index in [-0.39, 0.29) is 17.7 Å². The van der Waals surface area contributed by atoms with Crippen LogP contribution in [0.25, 0.3) is 0 Å². The lowest BCUT2D eigenvalue weighted by Crippen LogP contribution is -2.47. The number of amides is 2. The second-order valence-corrected chi connectivity index (χ2v) is 4.99. The molecule has 4 N–H and O–H groups in total. The van der Waals surface area contributed by atoms with Crippen molar-refractivity contribution >= 4 is 11.8 Å². The maximum atomic E-state index is 12.0. The Morgan fingerprint density at radius 1 is 1.53 bits per heavy atom. The SMILES string of the molecule is CC(C)C(NC(=O)c1cn(C2CNC2)nn1)C(N)=O. The third-order valence-corrected chi connectivity index (χ3v) is 3.14. The number of rotatable bonds is 5. The zero-order valence-corrected chi connectivity index (χ0v) is 11.0. The first-order valence-electron chi connectivity index (χ1n) is 6.21. The largest absolute Gasteiger partial charge is 0.368 e. The highest BCUT2D eigenvalue weighted by Gasteiger charge is 2.25. The fourth-order valence-corrected chi connectivity index (χ4v) is 1.80. The Hall–Kier alpha value is -1.96. The van der Waals surface area contributed by atoms with E-state index in [9.17, 15) is 9.59 Å². The van der Waals surface area contributed by atoms with E-state index in [0.29, 0.717) is 0 Å². The Labute approximate surface area is 110 Å². The Morgan fingerprint density at radius 2 is 2.21 bits per heavy atom. The molecule has 1 aliphatic heterocycles. The number of nitrogens with one attached hydrogen (secondary N) is 2. The van der Waals surface area contributed by atoms with Gasteiger partial charge in [-0.3, -0.25) is 9.59 Å². The van der Waals surface area contributed by atoms with Crippen LogP contribution in [0, 0.1) is 5.92 Å². The minimum atomic E-state index is -0.706. The molecular formula is C11H18N6O2. The molecular weight excluding hydrogens is 248 g/mol. The maximum absolute atomic E-state index is 12.0. The van der Waals surface area contributed by atoms with E-state index in [1.807, 2.05) is 13.8 Å². The van der Waals surface area contributed by atoms with Crippen LogP contribution in [0.5, 0.6) is 0 Å². The number of primary amides is 1. The van der Waals surface area contributed by atoms with Gasteiger partial charge in [-0.2, -0.15) is 0 Å². The van der Waals surface area contributed by atoms with Crippen LogP contribution in [0.4, 0.5) is 0 Å². The fraction of sp³-hybridized carbons (Fsp3) is 0.636. The van der Waals surface area contributed by atoms with Crippen LogP contribution in [0.3, 0.4) is 0 Å². The molecule has 1 unspecified atom stereocenters. The Kier molecular flexibility index (Phi) is 3.79. The van der Waals surface area contributed by atoms with Crippen molar-refractivity contribution in [2.45, 2.75) is 25.9 Å². The number of carbonyl (C=O) groups is 2. The summed E-state index contributed by atoms with van der Waals surface area (Å²) < 4.78 is 1.65. The molecule has 1 atom stereocenters. The highest BCUT2D eigenvalue weighted by molar-refractivity contribution is 5.95. The Balaban J connectivity index is 2.02. The molecule has 1 fully saturated rings. The van der Waals surface area contributed by atoms with Crippen LogP contribution in [-0.4, -0.2) is 45.9 Å². The first-order valence-corrected chi connectivity index (χ1v) is 6.21. The van der Waals surface area contributed by atoms with Gasteiger partial charge in [-0.05, 0) is 5.92 Å². The van der Waals surface area contributed by atoms with E-state index >= 15 is 0 Å². The maximum Gasteiger partial charge on any atom is 0.274 e. The molecule has 0 spiro atoms. The zero-order valence-electron chi connectivity index (χ0n) is 11.0. The zero-order chi connectivity index (χ0) is 14.0. The van der Waals surface area contributed by atoms with E-state index in [2.05, 4.69) is 20.9 Å². The molecule has 2 rings (SSSR count). The van der Waals surface area contributed by atoms with E-state index in [4.69, 9.17) is 5.73 Å². The van der Waals surface area contributed by atoms with E-state index in [0.717, 1.165) is 13.1 Å². The third-order valence-electron chi connectivity index (χ3n) is 3.14. The van der Waals surface area contributed by atoms with Gasteiger partial charge in [-0.15, -0.1) is 5.10 Å². The molecule has 104 valence electrons. The molecule has 8 nitrogen and oxygen atoms in total. The molecule has 0 saturated carbocycles. The number of carbonyl (C=O) groups excluding carboxylic acids is 2. The number of nitrogens with two attached hydrogens (primary N) is 1. The lowest BCUT2D eigenvalue weighted by atomic mass is 10.0. The van der Waals surface area contributed by atoms with Gasteiger partial charge in [0.05, 0.1) is 12.2 Å². The van der Waals surface area contributed by atoms with Gasteiger partial charge >= 0.3 is 0 Å². The highest BCUT2D eigenvalue weighted by Crippen LogP contribution is 2.10. The molecule has 2 amide bonds. The van der Waals surface area contributed by atoms with Gasteiger partial charge in [0.1, 0.15) is 6.04 Å². The summed E-state index contributed by atoms with van der Waals surface area (Å²) in [7, 11) is 0. The van der Waals surface area contributed by atoms with Crippen molar-refractivity contribution in [1.29, 1.82) is 0 Å². The molecule has 1 aromatic rings. The summed E-state index contributed by atoms with van der Waals surface area (Å²) in [5, 5.41) is 13.4. The smallest absolute Gasteiger partial charge is 0.274 e. The first kappa shape index (κ1) is 13.5. The van der Waals surface area contributed by atoms with E-state index in [1.165, 1.54) is 0 Å². The summed E-state index contributed by atoms with van der Waals surface area (Å²) in [5.74, 6) is -1.07. The second-order valence-electron chi connectivity index (χ2n) is 4.99. The van der Waals surface area contributed by atoms with Crippen LogP contribution in [0.15, 0.2) is 6.20 Å². The predicted octanol–water partition coefficient (Wildman–Crippen LogP) is -1.34. The van der Waals surface area contributed by atoms with Crippen molar-refractivity contribution in [2.24, 2.45) is 11.7 Å². The fourth-order valence-electron chi connectivity index (χ4n) is 1.80. The van der Waals surface area contributed by atoms with Gasteiger partial charge in [0.25, 0.3) is 5.91 Å². The number of nitrogens with zero attached hydrogens (tertiary/aromatic N) is 3. The number of hydrogen-bond acceptors (Lipinski definition) is 5. The molecule has 1 saturated heterocycles. The minimum absolute atomic E-state index is 0.0765. The summed E-state index contributed by atoms with van der Waals surface area (Å²) in [4.78, 5) is 23.2. The van der Waals surface area contributed by atoms with Crippen molar-refractivity contribution in [3.8, 4) is 0 Å². The summed E-state index contributed by atoms with van der Waals surface area (Å²) in [5.41, 5.74) is 5.44.